The number of carbonyl (C=O) groups excluding carboxylic acids is 1. The number of hydrogen-bond donors (Lipinski definition) is 1. The van der Waals surface area contributed by atoms with Crippen molar-refractivity contribution in [3.63, 3.8) is 0 Å². The minimum Gasteiger partial charge on any atom is -0.462 e. The number of ether oxygens (including phenoxy) is 1. The molecule has 0 radical (unpaired) electrons. The standard InChI is InChI=1S/C18H21NO2S/c1-2-10-21-18(20)16-14-9-8-13(11-15(14)22-17(16)19)12-6-4-3-5-7-12/h3-7,13H,2,8-11,19H2,1H3/t13-/m1/s1. The summed E-state index contributed by atoms with van der Waals surface area (Å²) in [6.45, 7) is 2.44. The van der Waals surface area contributed by atoms with Crippen molar-refractivity contribution in [3.05, 3.63) is 51.9 Å². The number of hydrogen-bond acceptors (Lipinski definition) is 4. The topological polar surface area (TPSA) is 52.3 Å². The van der Waals surface area contributed by atoms with Gasteiger partial charge in [-0.05, 0) is 42.7 Å². The average Bonchev–Trinajstić information content (AvgIpc) is 2.88. The zero-order valence-corrected chi connectivity index (χ0v) is 13.6. The Hall–Kier alpha value is -1.81. The first-order valence-electron chi connectivity index (χ1n) is 7.82. The minimum atomic E-state index is -0.255. The Labute approximate surface area is 135 Å². The molecule has 3 rings (SSSR count). The van der Waals surface area contributed by atoms with Crippen molar-refractivity contribution in [2.45, 2.75) is 38.5 Å². The van der Waals surface area contributed by atoms with E-state index in [-0.39, 0.29) is 5.97 Å². The molecule has 1 heterocycles. The number of carbonyl (C=O) groups is 1. The number of nitrogens with two attached hydrogens (primary N) is 1. The van der Waals surface area contributed by atoms with Gasteiger partial charge in [0.25, 0.3) is 0 Å². The van der Waals surface area contributed by atoms with Crippen LogP contribution in [0.1, 0.15) is 52.0 Å². The third-order valence-electron chi connectivity index (χ3n) is 4.20. The van der Waals surface area contributed by atoms with Gasteiger partial charge < -0.3 is 10.5 Å². The molecule has 0 spiro atoms. The van der Waals surface area contributed by atoms with Crippen molar-refractivity contribution in [1.82, 2.24) is 0 Å². The van der Waals surface area contributed by atoms with Crippen molar-refractivity contribution in [2.75, 3.05) is 12.3 Å². The van der Waals surface area contributed by atoms with Crippen molar-refractivity contribution >= 4 is 22.3 Å². The van der Waals surface area contributed by atoms with Crippen LogP contribution in [0.3, 0.4) is 0 Å². The first kappa shape index (κ1) is 15.1. The quantitative estimate of drug-likeness (QED) is 0.862. The fraction of sp³-hybridized carbons (Fsp3) is 0.389. The Balaban J connectivity index is 1.83. The fourth-order valence-electron chi connectivity index (χ4n) is 3.11. The highest BCUT2D eigenvalue weighted by molar-refractivity contribution is 7.16. The summed E-state index contributed by atoms with van der Waals surface area (Å²) in [4.78, 5) is 13.5. The van der Waals surface area contributed by atoms with E-state index in [1.807, 2.05) is 13.0 Å². The molecular formula is C18H21NO2S. The predicted molar refractivity (Wildman–Crippen MR) is 90.5 cm³/mol. The van der Waals surface area contributed by atoms with Crippen molar-refractivity contribution in [2.24, 2.45) is 0 Å². The molecule has 3 nitrogen and oxygen atoms in total. The van der Waals surface area contributed by atoms with Crippen molar-refractivity contribution in [1.29, 1.82) is 0 Å². The maximum atomic E-state index is 12.2. The van der Waals surface area contributed by atoms with Gasteiger partial charge in [0, 0.05) is 4.88 Å². The van der Waals surface area contributed by atoms with Crippen LogP contribution in [0, 0.1) is 0 Å². The van der Waals surface area contributed by atoms with Crippen molar-refractivity contribution in [3.8, 4) is 0 Å². The van der Waals surface area contributed by atoms with E-state index >= 15 is 0 Å². The van der Waals surface area contributed by atoms with Crippen LogP contribution in [0.25, 0.3) is 0 Å². The molecule has 0 unspecified atom stereocenters. The Morgan fingerprint density at radius 2 is 2.14 bits per heavy atom. The highest BCUT2D eigenvalue weighted by Crippen LogP contribution is 2.41. The van der Waals surface area contributed by atoms with Crippen LogP contribution in [0.4, 0.5) is 5.00 Å². The predicted octanol–water partition coefficient (Wildman–Crippen LogP) is 4.17. The van der Waals surface area contributed by atoms with E-state index < -0.39 is 0 Å². The van der Waals surface area contributed by atoms with Crippen molar-refractivity contribution < 1.29 is 9.53 Å². The molecule has 4 heteroatoms. The lowest BCUT2D eigenvalue weighted by Crippen LogP contribution is -2.15. The number of fused-ring (bicyclic) bond motifs is 1. The van der Waals surface area contributed by atoms with Crippen LogP contribution in [0.15, 0.2) is 30.3 Å². The molecule has 0 fully saturated rings. The van der Waals surface area contributed by atoms with Gasteiger partial charge in [0.2, 0.25) is 0 Å². The number of thiophene rings is 1. The second-order valence-electron chi connectivity index (χ2n) is 5.73. The van der Waals surface area contributed by atoms with Crippen LogP contribution >= 0.6 is 11.3 Å². The van der Waals surface area contributed by atoms with Gasteiger partial charge in [0.05, 0.1) is 12.2 Å². The van der Waals surface area contributed by atoms with Gasteiger partial charge in [-0.1, -0.05) is 37.3 Å². The highest BCUT2D eigenvalue weighted by atomic mass is 32.1. The third kappa shape index (κ3) is 2.88. The molecule has 1 atom stereocenters. The van der Waals surface area contributed by atoms with E-state index in [1.165, 1.54) is 10.4 Å². The van der Waals surface area contributed by atoms with Crippen LogP contribution in [-0.2, 0) is 17.6 Å². The molecule has 0 bridgehead atoms. The lowest BCUT2D eigenvalue weighted by molar-refractivity contribution is 0.0505. The Morgan fingerprint density at radius 1 is 1.36 bits per heavy atom. The molecule has 1 aromatic heterocycles. The Bertz CT molecular complexity index is 663. The number of benzene rings is 1. The molecule has 0 saturated heterocycles. The van der Waals surface area contributed by atoms with Gasteiger partial charge in [-0.2, -0.15) is 0 Å². The summed E-state index contributed by atoms with van der Waals surface area (Å²) in [6.07, 6.45) is 3.75. The fourth-order valence-corrected chi connectivity index (χ4v) is 4.29. The average molecular weight is 315 g/mol. The zero-order chi connectivity index (χ0) is 15.5. The highest BCUT2D eigenvalue weighted by Gasteiger charge is 2.29. The van der Waals surface area contributed by atoms with E-state index in [0.29, 0.717) is 23.1 Å². The summed E-state index contributed by atoms with van der Waals surface area (Å²) in [5, 5.41) is 0.611. The van der Waals surface area contributed by atoms with E-state index in [0.717, 1.165) is 31.2 Å². The van der Waals surface area contributed by atoms with Crippen LogP contribution < -0.4 is 5.73 Å². The van der Waals surface area contributed by atoms with Gasteiger partial charge in [-0.3, -0.25) is 0 Å². The molecule has 0 aliphatic heterocycles. The van der Waals surface area contributed by atoms with E-state index in [9.17, 15) is 4.79 Å². The molecule has 1 aliphatic carbocycles. The SMILES string of the molecule is CCCOC(=O)c1c(N)sc2c1CC[C@@H](c1ccccc1)C2. The second-order valence-corrected chi connectivity index (χ2v) is 6.87. The minimum absolute atomic E-state index is 0.255. The Morgan fingerprint density at radius 3 is 2.86 bits per heavy atom. The summed E-state index contributed by atoms with van der Waals surface area (Å²) < 4.78 is 5.28. The second kappa shape index (κ2) is 6.53. The molecule has 1 aromatic carbocycles. The largest absolute Gasteiger partial charge is 0.462 e. The summed E-state index contributed by atoms with van der Waals surface area (Å²) in [7, 11) is 0. The number of rotatable bonds is 4. The van der Waals surface area contributed by atoms with E-state index in [2.05, 4.69) is 24.3 Å². The number of esters is 1. The summed E-state index contributed by atoms with van der Waals surface area (Å²) in [5.41, 5.74) is 9.21. The van der Waals surface area contributed by atoms with E-state index in [4.69, 9.17) is 10.5 Å². The van der Waals surface area contributed by atoms with Crippen LogP contribution in [-0.4, -0.2) is 12.6 Å². The molecule has 1 aliphatic rings. The first-order valence-corrected chi connectivity index (χ1v) is 8.64. The molecular weight excluding hydrogens is 294 g/mol. The maximum Gasteiger partial charge on any atom is 0.341 e. The van der Waals surface area contributed by atoms with Gasteiger partial charge in [0.15, 0.2) is 0 Å². The lowest BCUT2D eigenvalue weighted by atomic mass is 9.83. The normalized spacial score (nSPS) is 17.0. The number of anilines is 1. The third-order valence-corrected chi connectivity index (χ3v) is 5.29. The molecule has 22 heavy (non-hydrogen) atoms. The van der Waals surface area contributed by atoms with Crippen LogP contribution in [0.2, 0.25) is 0 Å². The van der Waals surface area contributed by atoms with Crippen LogP contribution in [0.5, 0.6) is 0 Å². The Kier molecular flexibility index (Phi) is 4.48. The molecule has 116 valence electrons. The summed E-state index contributed by atoms with van der Waals surface area (Å²) in [5.74, 6) is 0.265. The molecule has 0 amide bonds. The van der Waals surface area contributed by atoms with E-state index in [1.54, 1.807) is 11.3 Å². The maximum absolute atomic E-state index is 12.2. The molecule has 2 aromatic rings. The smallest absolute Gasteiger partial charge is 0.341 e. The lowest BCUT2D eigenvalue weighted by Gasteiger charge is -2.23. The van der Waals surface area contributed by atoms with Gasteiger partial charge >= 0.3 is 5.97 Å². The van der Waals surface area contributed by atoms with Gasteiger partial charge in [-0.25, -0.2) is 4.79 Å². The van der Waals surface area contributed by atoms with Gasteiger partial charge in [-0.15, -0.1) is 11.3 Å². The molecule has 0 saturated carbocycles. The molecule has 2 N–H and O–H groups in total. The monoisotopic (exact) mass is 315 g/mol. The van der Waals surface area contributed by atoms with Gasteiger partial charge in [0.1, 0.15) is 5.00 Å². The first-order chi connectivity index (χ1) is 10.7. The zero-order valence-electron chi connectivity index (χ0n) is 12.8. The summed E-state index contributed by atoms with van der Waals surface area (Å²) in [6, 6.07) is 10.6. The number of nitrogen functional groups attached to an aromatic ring is 1. The summed E-state index contributed by atoms with van der Waals surface area (Å²) >= 11 is 1.55.